The minimum absolute atomic E-state index is 0.0532. The van der Waals surface area contributed by atoms with Gasteiger partial charge >= 0.3 is 0 Å². The van der Waals surface area contributed by atoms with Crippen molar-refractivity contribution in [1.29, 1.82) is 0 Å². The number of aliphatic hydroxyl groups is 1. The van der Waals surface area contributed by atoms with E-state index >= 15 is 0 Å². The van der Waals surface area contributed by atoms with Gasteiger partial charge in [-0.2, -0.15) is 0 Å². The van der Waals surface area contributed by atoms with Gasteiger partial charge in [0.15, 0.2) is 0 Å². The summed E-state index contributed by atoms with van der Waals surface area (Å²) in [5.74, 6) is 0. The molecule has 0 aromatic rings. The van der Waals surface area contributed by atoms with Crippen LogP contribution < -0.4 is 0 Å². The van der Waals surface area contributed by atoms with Gasteiger partial charge in [-0.1, -0.05) is 12.2 Å². The van der Waals surface area contributed by atoms with Gasteiger partial charge < -0.3 is 5.11 Å². The molecule has 0 fully saturated rings. The van der Waals surface area contributed by atoms with Gasteiger partial charge in [0.1, 0.15) is 0 Å². The fraction of sp³-hybridized carbons (Fsp3) is 0.429. The molecule has 0 bridgehead atoms. The van der Waals surface area contributed by atoms with Crippen molar-refractivity contribution in [3.05, 3.63) is 34.0 Å². The van der Waals surface area contributed by atoms with E-state index in [1.807, 2.05) is 0 Å². The molecule has 1 aliphatic carbocycles. The minimum atomic E-state index is -1.06. The monoisotopic (exact) mass is 155 g/mol. The smallest absolute Gasteiger partial charge is 0.249 e. The SMILES string of the molecule is CC1(O)C=CC=C([N+](=O)[O-])C1. The van der Waals surface area contributed by atoms with Crippen LogP contribution in [-0.4, -0.2) is 15.6 Å². The van der Waals surface area contributed by atoms with Crippen molar-refractivity contribution in [3.63, 3.8) is 0 Å². The lowest BCUT2D eigenvalue weighted by Gasteiger charge is -2.18. The fourth-order valence-corrected chi connectivity index (χ4v) is 0.976. The van der Waals surface area contributed by atoms with Crippen molar-refractivity contribution in [2.24, 2.45) is 0 Å². The topological polar surface area (TPSA) is 63.4 Å². The molecule has 1 N–H and O–H groups in total. The van der Waals surface area contributed by atoms with E-state index < -0.39 is 10.5 Å². The highest BCUT2D eigenvalue weighted by Gasteiger charge is 2.26. The second-order valence-electron chi connectivity index (χ2n) is 2.81. The first-order valence-electron chi connectivity index (χ1n) is 3.26. The normalized spacial score (nSPS) is 29.8. The highest BCUT2D eigenvalue weighted by Crippen LogP contribution is 2.22. The van der Waals surface area contributed by atoms with Crippen LogP contribution in [-0.2, 0) is 0 Å². The van der Waals surface area contributed by atoms with E-state index in [0.29, 0.717) is 0 Å². The van der Waals surface area contributed by atoms with Gasteiger partial charge in [-0.25, -0.2) is 0 Å². The predicted octanol–water partition coefficient (Wildman–Crippen LogP) is 0.858. The van der Waals surface area contributed by atoms with Gasteiger partial charge in [-0.15, -0.1) is 0 Å². The van der Waals surface area contributed by atoms with Crippen LogP contribution in [0.15, 0.2) is 23.9 Å². The second-order valence-corrected chi connectivity index (χ2v) is 2.81. The molecule has 4 heteroatoms. The molecule has 60 valence electrons. The average Bonchev–Trinajstić information content (AvgIpc) is 1.85. The number of hydrogen-bond donors (Lipinski definition) is 1. The quantitative estimate of drug-likeness (QED) is 0.451. The first-order chi connectivity index (χ1) is 5.01. The lowest BCUT2D eigenvalue weighted by Crippen LogP contribution is -2.25. The third-order valence-electron chi connectivity index (χ3n) is 1.52. The Morgan fingerprint density at radius 1 is 1.82 bits per heavy atom. The van der Waals surface area contributed by atoms with Crippen LogP contribution in [0.5, 0.6) is 0 Å². The summed E-state index contributed by atoms with van der Waals surface area (Å²) >= 11 is 0. The molecule has 1 unspecified atom stereocenters. The first kappa shape index (κ1) is 7.94. The summed E-state index contributed by atoms with van der Waals surface area (Å²) in [4.78, 5) is 9.76. The Bertz CT molecular complexity index is 240. The van der Waals surface area contributed by atoms with Crippen molar-refractivity contribution < 1.29 is 10.0 Å². The highest BCUT2D eigenvalue weighted by molar-refractivity contribution is 5.20. The molecule has 0 spiro atoms. The molecule has 1 rings (SSSR count). The molecule has 11 heavy (non-hydrogen) atoms. The van der Waals surface area contributed by atoms with Crippen molar-refractivity contribution in [2.75, 3.05) is 0 Å². The Morgan fingerprint density at radius 3 is 2.82 bits per heavy atom. The Hall–Kier alpha value is -1.16. The van der Waals surface area contributed by atoms with Gasteiger partial charge in [0.2, 0.25) is 5.70 Å². The second kappa shape index (κ2) is 2.47. The van der Waals surface area contributed by atoms with Crippen LogP contribution >= 0.6 is 0 Å². The van der Waals surface area contributed by atoms with E-state index in [2.05, 4.69) is 0 Å². The largest absolute Gasteiger partial charge is 0.385 e. The Labute approximate surface area is 64.0 Å². The molecule has 0 saturated carbocycles. The van der Waals surface area contributed by atoms with Gasteiger partial charge in [0.25, 0.3) is 0 Å². The van der Waals surface area contributed by atoms with E-state index in [1.165, 1.54) is 12.2 Å². The van der Waals surface area contributed by atoms with Crippen LogP contribution in [0.3, 0.4) is 0 Å². The van der Waals surface area contributed by atoms with Crippen LogP contribution in [0.4, 0.5) is 0 Å². The molecule has 1 atom stereocenters. The molecule has 0 saturated heterocycles. The molecule has 0 aromatic carbocycles. The van der Waals surface area contributed by atoms with E-state index in [4.69, 9.17) is 0 Å². The van der Waals surface area contributed by atoms with Crippen LogP contribution in [0.1, 0.15) is 13.3 Å². The zero-order valence-electron chi connectivity index (χ0n) is 6.15. The van der Waals surface area contributed by atoms with Crippen molar-refractivity contribution in [3.8, 4) is 0 Å². The minimum Gasteiger partial charge on any atom is -0.385 e. The number of nitro groups is 1. The average molecular weight is 155 g/mol. The molecule has 0 amide bonds. The number of rotatable bonds is 1. The number of nitrogens with zero attached hydrogens (tertiary/aromatic N) is 1. The zero-order valence-corrected chi connectivity index (χ0v) is 6.15. The fourth-order valence-electron chi connectivity index (χ4n) is 0.976. The van der Waals surface area contributed by atoms with E-state index in [0.717, 1.165) is 0 Å². The Morgan fingerprint density at radius 2 is 2.45 bits per heavy atom. The number of hydrogen-bond acceptors (Lipinski definition) is 3. The third-order valence-corrected chi connectivity index (χ3v) is 1.52. The van der Waals surface area contributed by atoms with Crippen LogP contribution in [0, 0.1) is 10.1 Å². The summed E-state index contributed by atoms with van der Waals surface area (Å²) in [6.45, 7) is 1.54. The Balaban J connectivity index is 2.81. The van der Waals surface area contributed by atoms with E-state index in [-0.39, 0.29) is 12.1 Å². The van der Waals surface area contributed by atoms with Gasteiger partial charge in [-0.05, 0) is 6.92 Å². The van der Waals surface area contributed by atoms with Crippen molar-refractivity contribution >= 4 is 0 Å². The zero-order chi connectivity index (χ0) is 8.48. The maximum absolute atomic E-state index is 10.2. The molecular weight excluding hydrogens is 146 g/mol. The Kier molecular flexibility index (Phi) is 1.78. The van der Waals surface area contributed by atoms with Crippen LogP contribution in [0.2, 0.25) is 0 Å². The lowest BCUT2D eigenvalue weighted by molar-refractivity contribution is -0.430. The summed E-state index contributed by atoms with van der Waals surface area (Å²) in [5, 5.41) is 19.6. The van der Waals surface area contributed by atoms with E-state index in [1.54, 1.807) is 13.0 Å². The van der Waals surface area contributed by atoms with Gasteiger partial charge in [0.05, 0.1) is 16.9 Å². The standard InChI is InChI=1S/C7H9NO3/c1-7(9)4-2-3-6(5-7)8(10)11/h2-4,9H,5H2,1H3. The molecular formula is C7H9NO3. The van der Waals surface area contributed by atoms with Crippen molar-refractivity contribution in [2.45, 2.75) is 18.9 Å². The maximum Gasteiger partial charge on any atom is 0.249 e. The summed E-state index contributed by atoms with van der Waals surface area (Å²) in [5.41, 5.74) is -1.01. The van der Waals surface area contributed by atoms with Crippen molar-refractivity contribution in [1.82, 2.24) is 0 Å². The third kappa shape index (κ3) is 1.88. The summed E-state index contributed by atoms with van der Waals surface area (Å²) < 4.78 is 0. The molecule has 0 aromatic heterocycles. The van der Waals surface area contributed by atoms with Crippen LogP contribution in [0.25, 0.3) is 0 Å². The first-order valence-corrected chi connectivity index (χ1v) is 3.26. The van der Waals surface area contributed by atoms with Gasteiger partial charge in [-0.3, -0.25) is 10.1 Å². The molecule has 0 aliphatic heterocycles. The summed E-state index contributed by atoms with van der Waals surface area (Å²) in [7, 11) is 0. The lowest BCUT2D eigenvalue weighted by atomic mass is 9.96. The van der Waals surface area contributed by atoms with Gasteiger partial charge in [0, 0.05) is 6.08 Å². The predicted molar refractivity (Wildman–Crippen MR) is 39.5 cm³/mol. The molecule has 0 heterocycles. The van der Waals surface area contributed by atoms with E-state index in [9.17, 15) is 15.2 Å². The molecule has 0 radical (unpaired) electrons. The summed E-state index contributed by atoms with van der Waals surface area (Å²) in [6, 6.07) is 0. The summed E-state index contributed by atoms with van der Waals surface area (Å²) in [6.07, 6.45) is 4.52. The molecule has 4 nitrogen and oxygen atoms in total. The number of allylic oxidation sites excluding steroid dienone is 2. The maximum atomic E-state index is 10.2. The highest BCUT2D eigenvalue weighted by atomic mass is 16.6. The molecule has 1 aliphatic rings.